The summed E-state index contributed by atoms with van der Waals surface area (Å²) in [6.45, 7) is 14.0. The first-order valence-corrected chi connectivity index (χ1v) is 30.7. The van der Waals surface area contributed by atoms with E-state index in [1.54, 1.807) is 22.3 Å². The Bertz CT molecular complexity index is 3740. The van der Waals surface area contributed by atoms with Crippen molar-refractivity contribution >= 4 is 76.2 Å². The molecule has 15 rings (SSSR count). The largest absolute Gasteiger partial charge is 0.308 e. The van der Waals surface area contributed by atoms with E-state index in [2.05, 4.69) is 160 Å². The molecule has 0 spiro atoms. The van der Waals surface area contributed by atoms with Gasteiger partial charge in [0.2, 0.25) is 0 Å². The first-order valence-electron chi connectivity index (χ1n) is 30.7. The molecule has 0 radical (unpaired) electrons. The van der Waals surface area contributed by atoms with Gasteiger partial charge in [0.25, 0.3) is 0 Å². The number of rotatable bonds is 6. The zero-order valence-electron chi connectivity index (χ0n) is 46.7. The second-order valence-electron chi connectivity index (χ2n) is 27.3. The molecule has 2 heteroatoms. The fraction of sp³-hybridized carbons (Fsp3) is 0.432. The van der Waals surface area contributed by atoms with Gasteiger partial charge in [-0.05, 0) is 166 Å². The van der Waals surface area contributed by atoms with Crippen molar-refractivity contribution in [2.75, 3.05) is 0 Å². The molecular weight excluding hydrogens is 917 g/mol. The third-order valence-corrected chi connectivity index (χ3v) is 20.6. The minimum atomic E-state index is 0.110. The van der Waals surface area contributed by atoms with E-state index < -0.39 is 0 Å². The maximum absolute atomic E-state index is 2.88. The van der Waals surface area contributed by atoms with Crippen LogP contribution >= 0.6 is 0 Å². The normalized spacial score (nSPS) is 18.7. The van der Waals surface area contributed by atoms with E-state index in [1.165, 1.54) is 238 Å². The van der Waals surface area contributed by atoms with Gasteiger partial charge in [-0.2, -0.15) is 0 Å². The Morgan fingerprint density at radius 1 is 0.303 bits per heavy atom. The Morgan fingerprint density at radius 3 is 0.961 bits per heavy atom. The predicted octanol–water partition coefficient (Wildman–Crippen LogP) is 22.1. The lowest BCUT2D eigenvalue weighted by Gasteiger charge is -2.27. The quantitative estimate of drug-likeness (QED) is 0.157. The minimum Gasteiger partial charge on any atom is -0.308 e. The van der Waals surface area contributed by atoms with Crippen LogP contribution in [0.3, 0.4) is 0 Å². The van der Waals surface area contributed by atoms with E-state index in [-0.39, 0.29) is 10.8 Å². The molecule has 4 saturated carbocycles. The van der Waals surface area contributed by atoms with Crippen LogP contribution in [0.15, 0.2) is 109 Å². The minimum absolute atomic E-state index is 0.110. The zero-order chi connectivity index (χ0) is 51.2. The van der Waals surface area contributed by atoms with Crippen molar-refractivity contribution in [2.45, 2.75) is 204 Å². The van der Waals surface area contributed by atoms with Gasteiger partial charge in [-0.3, -0.25) is 0 Å². The number of nitrogens with zero attached hydrogens (tertiary/aromatic N) is 2. The fourth-order valence-electron chi connectivity index (χ4n) is 16.5. The Kier molecular flexibility index (Phi) is 11.1. The summed E-state index contributed by atoms with van der Waals surface area (Å²) in [5, 5.41) is 11.9. The Labute approximate surface area is 451 Å². The molecule has 0 amide bonds. The second kappa shape index (κ2) is 17.8. The monoisotopic (exact) mass is 997 g/mol. The maximum atomic E-state index is 2.88. The van der Waals surface area contributed by atoms with Crippen LogP contribution in [0.4, 0.5) is 0 Å². The van der Waals surface area contributed by atoms with Crippen molar-refractivity contribution in [3.8, 4) is 22.3 Å². The van der Waals surface area contributed by atoms with Crippen molar-refractivity contribution in [2.24, 2.45) is 0 Å². The lowest BCUT2D eigenvalue weighted by molar-refractivity contribution is 0.437. The van der Waals surface area contributed by atoms with E-state index in [1.807, 2.05) is 0 Å². The van der Waals surface area contributed by atoms with Gasteiger partial charge in [0.05, 0.1) is 33.1 Å². The van der Waals surface area contributed by atoms with Crippen molar-refractivity contribution < 1.29 is 0 Å². The molecule has 0 atom stereocenters. The standard InChI is InChI=1S/C74H80N2/c1-73(2,3)55-33-27-47(28-34-55)51-31-37-57-63(43-51)75-69-59(49-23-15-9-16-24-49)39-53(45-19-11-7-12-20-45)41-61(69)68-66-58-38-32-52(48-29-35-56(36-30-48)74(4,5)6)44-64(58)76-70-60(50-25-17-10-18-26-50)40-54(46-21-13-8-14-22-46)42-62(70)67(72(66)76)65(57)71(68)75/h27-46,49-50H,7-26H2,1-6H3. The van der Waals surface area contributed by atoms with Gasteiger partial charge in [0, 0.05) is 43.1 Å². The molecule has 4 heterocycles. The van der Waals surface area contributed by atoms with Gasteiger partial charge in [-0.15, -0.1) is 0 Å². The van der Waals surface area contributed by atoms with Gasteiger partial charge in [0.1, 0.15) is 0 Å². The third-order valence-electron chi connectivity index (χ3n) is 20.6. The molecule has 0 unspecified atom stereocenters. The van der Waals surface area contributed by atoms with Crippen molar-refractivity contribution in [3.63, 3.8) is 0 Å². The first-order chi connectivity index (χ1) is 37.0. The molecule has 2 nitrogen and oxygen atoms in total. The van der Waals surface area contributed by atoms with E-state index in [0.29, 0.717) is 23.7 Å². The fourth-order valence-corrected chi connectivity index (χ4v) is 16.5. The van der Waals surface area contributed by atoms with Crippen molar-refractivity contribution in [1.82, 2.24) is 8.80 Å². The van der Waals surface area contributed by atoms with Crippen LogP contribution in [-0.2, 0) is 10.8 Å². The van der Waals surface area contributed by atoms with Crippen LogP contribution in [0, 0.1) is 0 Å². The summed E-state index contributed by atoms with van der Waals surface area (Å²) in [6.07, 6.45) is 26.7. The van der Waals surface area contributed by atoms with Gasteiger partial charge >= 0.3 is 0 Å². The topological polar surface area (TPSA) is 8.82 Å². The Hall–Kier alpha value is -5.86. The molecule has 0 saturated heterocycles. The third kappa shape index (κ3) is 7.37. The summed E-state index contributed by atoms with van der Waals surface area (Å²) in [4.78, 5) is 0. The van der Waals surface area contributed by atoms with E-state index in [4.69, 9.17) is 0 Å². The Morgan fingerprint density at radius 2 is 0.618 bits per heavy atom. The van der Waals surface area contributed by atoms with Gasteiger partial charge < -0.3 is 8.80 Å². The summed E-state index contributed by atoms with van der Waals surface area (Å²) >= 11 is 0. The number of benzene rings is 7. The first kappa shape index (κ1) is 47.4. The van der Waals surface area contributed by atoms with Crippen LogP contribution in [0.25, 0.3) is 98.4 Å². The number of hydrogen-bond acceptors (Lipinski definition) is 0. The molecule has 386 valence electrons. The zero-order valence-corrected chi connectivity index (χ0v) is 46.7. The molecule has 4 aliphatic rings. The molecule has 4 fully saturated rings. The molecule has 0 aliphatic heterocycles. The molecule has 7 aromatic carbocycles. The highest BCUT2D eigenvalue weighted by Crippen LogP contribution is 2.56. The summed E-state index contributed by atoms with van der Waals surface area (Å²) < 4.78 is 5.76. The van der Waals surface area contributed by atoms with Crippen LogP contribution in [0.5, 0.6) is 0 Å². The van der Waals surface area contributed by atoms with Gasteiger partial charge in [0.15, 0.2) is 0 Å². The van der Waals surface area contributed by atoms with Crippen molar-refractivity contribution in [3.05, 3.63) is 143 Å². The average Bonchev–Trinajstić information content (AvgIpc) is 4.00. The lowest BCUT2D eigenvalue weighted by Crippen LogP contribution is -2.10. The summed E-state index contributed by atoms with van der Waals surface area (Å²) in [5.41, 5.74) is 23.5. The van der Waals surface area contributed by atoms with E-state index in [9.17, 15) is 0 Å². The lowest BCUT2D eigenvalue weighted by atomic mass is 9.78. The molecule has 0 bridgehead atoms. The highest BCUT2D eigenvalue weighted by atomic mass is 15.0. The van der Waals surface area contributed by atoms with Crippen LogP contribution < -0.4 is 0 Å². The van der Waals surface area contributed by atoms with Crippen LogP contribution in [0.2, 0.25) is 0 Å². The predicted molar refractivity (Wildman–Crippen MR) is 327 cm³/mol. The van der Waals surface area contributed by atoms with E-state index in [0.717, 1.165) is 0 Å². The highest BCUT2D eigenvalue weighted by Gasteiger charge is 2.35. The summed E-state index contributed by atoms with van der Waals surface area (Å²) in [5.74, 6) is 2.43. The highest BCUT2D eigenvalue weighted by molar-refractivity contribution is 6.45. The number of hydrogen-bond donors (Lipinski definition) is 0. The average molecular weight is 997 g/mol. The number of fused-ring (bicyclic) bond motifs is 14. The smallest absolute Gasteiger partial charge is 0.0634 e. The molecule has 4 aromatic heterocycles. The summed E-state index contributed by atoms with van der Waals surface area (Å²) in [7, 11) is 0. The van der Waals surface area contributed by atoms with Crippen LogP contribution in [-0.4, -0.2) is 8.80 Å². The van der Waals surface area contributed by atoms with E-state index >= 15 is 0 Å². The molecular formula is C74H80N2. The summed E-state index contributed by atoms with van der Waals surface area (Å²) in [6, 6.07) is 45.5. The molecule has 4 aliphatic carbocycles. The number of aromatic nitrogens is 2. The molecule has 76 heavy (non-hydrogen) atoms. The van der Waals surface area contributed by atoms with Gasteiger partial charge in [-0.1, -0.05) is 204 Å². The second-order valence-corrected chi connectivity index (χ2v) is 27.3. The maximum Gasteiger partial charge on any atom is 0.0634 e. The van der Waals surface area contributed by atoms with Gasteiger partial charge in [-0.25, -0.2) is 0 Å². The molecule has 11 aromatic rings. The SMILES string of the molecule is CC(C)(C)c1ccc(-c2ccc3c4c5c6cc(C7CCCCC7)cc(C7CCCCC7)c6n6c7cc(-c8ccc(C(C)(C)C)cc8)ccc7c(c7c8cc(C9CCCCC9)cc(C9CCCCC9)c8n(c3c2)c47)c56)cc1. The van der Waals surface area contributed by atoms with Crippen LogP contribution in [0.1, 0.15) is 227 Å². The molecule has 0 N–H and O–H groups in total. The Balaban J connectivity index is 1.14. The van der Waals surface area contributed by atoms with Crippen molar-refractivity contribution in [1.29, 1.82) is 0 Å².